The highest BCUT2D eigenvalue weighted by Gasteiger charge is 2.02. The quantitative estimate of drug-likeness (QED) is 0.733. The summed E-state index contributed by atoms with van der Waals surface area (Å²) < 4.78 is 0. The Morgan fingerprint density at radius 2 is 1.47 bits per heavy atom. The largest absolute Gasteiger partial charge is 0.371 e. The van der Waals surface area contributed by atoms with E-state index in [-0.39, 0.29) is 0 Å². The van der Waals surface area contributed by atoms with Crippen LogP contribution in [0.1, 0.15) is 40.5 Å². The summed E-state index contributed by atoms with van der Waals surface area (Å²) in [6.07, 6.45) is 6.10. The van der Waals surface area contributed by atoms with Gasteiger partial charge in [-0.05, 0) is 25.0 Å². The Kier molecular flexibility index (Phi) is 8.84. The van der Waals surface area contributed by atoms with E-state index < -0.39 is 0 Å². The highest BCUT2D eigenvalue weighted by molar-refractivity contribution is 5.44. The molecule has 0 amide bonds. The minimum Gasteiger partial charge on any atom is -0.371 e. The van der Waals surface area contributed by atoms with Gasteiger partial charge in [-0.2, -0.15) is 0 Å². The second-order valence-corrected chi connectivity index (χ2v) is 3.19. The molecule has 86 valence electrons. The van der Waals surface area contributed by atoms with Gasteiger partial charge in [-0.3, -0.25) is 4.98 Å². The third-order valence-corrected chi connectivity index (χ3v) is 2.01. The normalized spacial score (nSPS) is 9.07. The highest BCUT2D eigenvalue weighted by Crippen LogP contribution is 2.12. The Morgan fingerprint density at radius 3 is 1.87 bits per heavy atom. The molecule has 0 bridgehead atoms. The van der Waals surface area contributed by atoms with E-state index in [1.54, 1.807) is 0 Å². The van der Waals surface area contributed by atoms with E-state index in [1.807, 2.05) is 26.2 Å². The van der Waals surface area contributed by atoms with Gasteiger partial charge in [0.15, 0.2) is 0 Å². The molecule has 0 N–H and O–H groups in total. The molecule has 0 aromatic carbocycles. The van der Waals surface area contributed by atoms with Gasteiger partial charge in [0, 0.05) is 31.2 Å². The molecule has 1 aromatic heterocycles. The van der Waals surface area contributed by atoms with Gasteiger partial charge in [0.25, 0.3) is 0 Å². The van der Waals surface area contributed by atoms with Crippen LogP contribution >= 0.6 is 0 Å². The summed E-state index contributed by atoms with van der Waals surface area (Å²) in [6, 6.07) is 4.15. The van der Waals surface area contributed by atoms with Gasteiger partial charge >= 0.3 is 0 Å². The highest BCUT2D eigenvalue weighted by atomic mass is 15.1. The maximum atomic E-state index is 4.02. The zero-order valence-electron chi connectivity index (χ0n) is 10.5. The summed E-state index contributed by atoms with van der Waals surface area (Å²) in [4.78, 5) is 6.43. The molecule has 0 aliphatic heterocycles. The number of hydrogen-bond acceptors (Lipinski definition) is 2. The topological polar surface area (TPSA) is 16.1 Å². The van der Waals surface area contributed by atoms with Gasteiger partial charge in [-0.25, -0.2) is 0 Å². The molecule has 1 aromatic rings. The number of aromatic nitrogens is 1. The summed E-state index contributed by atoms with van der Waals surface area (Å²) in [6.45, 7) is 10.7. The average Bonchev–Trinajstić information content (AvgIpc) is 2.33. The van der Waals surface area contributed by atoms with Crippen LogP contribution in [0.5, 0.6) is 0 Å². The molecule has 15 heavy (non-hydrogen) atoms. The van der Waals surface area contributed by atoms with Gasteiger partial charge in [0.1, 0.15) is 0 Å². The van der Waals surface area contributed by atoms with Crippen molar-refractivity contribution in [1.29, 1.82) is 0 Å². The number of hydrogen-bond donors (Lipinski definition) is 0. The smallest absolute Gasteiger partial charge is 0.0397 e. The average molecular weight is 208 g/mol. The molecule has 1 heterocycles. The fraction of sp³-hybridized carbons (Fsp3) is 0.615. The molecule has 0 aliphatic carbocycles. The predicted octanol–water partition coefficient (Wildman–Crippen LogP) is 3.73. The zero-order valence-corrected chi connectivity index (χ0v) is 10.5. The first-order valence-corrected chi connectivity index (χ1v) is 6.03. The molecule has 2 nitrogen and oxygen atoms in total. The standard InChI is InChI=1S/C11H18N2.C2H6/c1-3-9-13(10-4-2)11-5-7-12-8-6-11;1-2/h5-8H,3-4,9-10H2,1-2H3;1-2H3. The Hall–Kier alpha value is -1.05. The van der Waals surface area contributed by atoms with Gasteiger partial charge in [-0.1, -0.05) is 27.7 Å². The van der Waals surface area contributed by atoms with Crippen molar-refractivity contribution in [2.75, 3.05) is 18.0 Å². The second-order valence-electron chi connectivity index (χ2n) is 3.19. The molecule has 0 spiro atoms. The lowest BCUT2D eigenvalue weighted by Gasteiger charge is -2.23. The minimum absolute atomic E-state index is 1.14. The van der Waals surface area contributed by atoms with Crippen molar-refractivity contribution in [1.82, 2.24) is 4.98 Å². The maximum Gasteiger partial charge on any atom is 0.0397 e. The van der Waals surface area contributed by atoms with E-state index in [1.165, 1.54) is 18.5 Å². The minimum atomic E-state index is 1.14. The predicted molar refractivity (Wildman–Crippen MR) is 68.4 cm³/mol. The molecule has 0 radical (unpaired) electrons. The van der Waals surface area contributed by atoms with Crippen molar-refractivity contribution in [3.63, 3.8) is 0 Å². The second kappa shape index (κ2) is 9.50. The molecule has 1 rings (SSSR count). The lowest BCUT2D eigenvalue weighted by atomic mass is 10.3. The summed E-state index contributed by atoms with van der Waals surface area (Å²) in [7, 11) is 0. The molecule has 2 heteroatoms. The fourth-order valence-corrected chi connectivity index (χ4v) is 1.46. The summed E-state index contributed by atoms with van der Waals surface area (Å²) in [5, 5.41) is 0. The molecule has 0 saturated heterocycles. The van der Waals surface area contributed by atoms with Crippen LogP contribution in [0, 0.1) is 0 Å². The van der Waals surface area contributed by atoms with E-state index in [2.05, 4.69) is 35.9 Å². The zero-order chi connectivity index (χ0) is 11.5. The van der Waals surface area contributed by atoms with Gasteiger partial charge in [0.05, 0.1) is 0 Å². The van der Waals surface area contributed by atoms with E-state index >= 15 is 0 Å². The monoisotopic (exact) mass is 208 g/mol. The number of pyridine rings is 1. The van der Waals surface area contributed by atoms with Gasteiger partial charge in [-0.15, -0.1) is 0 Å². The van der Waals surface area contributed by atoms with Crippen LogP contribution in [0.15, 0.2) is 24.5 Å². The van der Waals surface area contributed by atoms with Crippen molar-refractivity contribution in [3.8, 4) is 0 Å². The number of anilines is 1. The lowest BCUT2D eigenvalue weighted by Crippen LogP contribution is -2.24. The third-order valence-electron chi connectivity index (χ3n) is 2.01. The third kappa shape index (κ3) is 5.40. The van der Waals surface area contributed by atoms with Crippen molar-refractivity contribution in [2.45, 2.75) is 40.5 Å². The summed E-state index contributed by atoms with van der Waals surface area (Å²) >= 11 is 0. The first-order valence-electron chi connectivity index (χ1n) is 6.03. The fourth-order valence-electron chi connectivity index (χ4n) is 1.46. The van der Waals surface area contributed by atoms with E-state index in [0.717, 1.165) is 13.1 Å². The Balaban J connectivity index is 0.000000921. The van der Waals surface area contributed by atoms with Crippen LogP contribution in [0.3, 0.4) is 0 Å². The molecular formula is C13H24N2. The number of rotatable bonds is 5. The van der Waals surface area contributed by atoms with Crippen LogP contribution in [0.2, 0.25) is 0 Å². The van der Waals surface area contributed by atoms with E-state index in [9.17, 15) is 0 Å². The first-order chi connectivity index (χ1) is 7.38. The van der Waals surface area contributed by atoms with Crippen molar-refractivity contribution in [2.24, 2.45) is 0 Å². The van der Waals surface area contributed by atoms with E-state index in [4.69, 9.17) is 0 Å². The van der Waals surface area contributed by atoms with Gasteiger partial charge in [0.2, 0.25) is 0 Å². The van der Waals surface area contributed by atoms with Gasteiger partial charge < -0.3 is 4.90 Å². The van der Waals surface area contributed by atoms with Crippen molar-refractivity contribution < 1.29 is 0 Å². The lowest BCUT2D eigenvalue weighted by molar-refractivity contribution is 0.744. The Labute approximate surface area is 94.3 Å². The van der Waals surface area contributed by atoms with Crippen LogP contribution in [-0.2, 0) is 0 Å². The SMILES string of the molecule is CC.CCCN(CCC)c1ccncc1. The van der Waals surface area contributed by atoms with Crippen LogP contribution in [-0.4, -0.2) is 18.1 Å². The number of nitrogens with zero attached hydrogens (tertiary/aromatic N) is 2. The van der Waals surface area contributed by atoms with Crippen molar-refractivity contribution >= 4 is 5.69 Å². The summed E-state index contributed by atoms with van der Waals surface area (Å²) in [5.41, 5.74) is 1.29. The first kappa shape index (κ1) is 13.9. The molecular weight excluding hydrogens is 184 g/mol. The Morgan fingerprint density at radius 1 is 1.00 bits per heavy atom. The van der Waals surface area contributed by atoms with Crippen molar-refractivity contribution in [3.05, 3.63) is 24.5 Å². The van der Waals surface area contributed by atoms with Crippen LogP contribution in [0.4, 0.5) is 5.69 Å². The molecule has 0 atom stereocenters. The molecule has 0 aliphatic rings. The van der Waals surface area contributed by atoms with E-state index in [0.29, 0.717) is 0 Å². The van der Waals surface area contributed by atoms with Crippen LogP contribution < -0.4 is 4.90 Å². The molecule has 0 unspecified atom stereocenters. The molecule has 0 fully saturated rings. The Bertz CT molecular complexity index is 215. The maximum absolute atomic E-state index is 4.02. The van der Waals surface area contributed by atoms with Crippen LogP contribution in [0.25, 0.3) is 0 Å². The summed E-state index contributed by atoms with van der Waals surface area (Å²) in [5.74, 6) is 0. The molecule has 0 saturated carbocycles.